The Morgan fingerprint density at radius 1 is 1.19 bits per heavy atom. The summed E-state index contributed by atoms with van der Waals surface area (Å²) in [6, 6.07) is 15.6. The standard InChI is InChI=1S/C19H17N5OS/c1-12-14(10-13-6-3-2-4-7-13)18(25)22-19(21-12)24-17(20)11-15(23-24)16-8-5-9-26-16/h2-9,11H,10,20H2,1H3,(H,21,22,25). The molecule has 0 bridgehead atoms. The summed E-state index contributed by atoms with van der Waals surface area (Å²) in [6.07, 6.45) is 0.532. The summed E-state index contributed by atoms with van der Waals surface area (Å²) >= 11 is 1.58. The van der Waals surface area contributed by atoms with Crippen molar-refractivity contribution in [1.29, 1.82) is 0 Å². The van der Waals surface area contributed by atoms with E-state index in [2.05, 4.69) is 15.1 Å². The van der Waals surface area contributed by atoms with E-state index in [1.165, 1.54) is 4.68 Å². The minimum absolute atomic E-state index is 0.177. The number of anilines is 1. The van der Waals surface area contributed by atoms with Gasteiger partial charge in [0.15, 0.2) is 0 Å². The molecule has 3 N–H and O–H groups in total. The highest BCUT2D eigenvalue weighted by molar-refractivity contribution is 7.13. The summed E-state index contributed by atoms with van der Waals surface area (Å²) < 4.78 is 1.47. The highest BCUT2D eigenvalue weighted by Crippen LogP contribution is 2.25. The molecule has 0 unspecified atom stereocenters. The summed E-state index contributed by atoms with van der Waals surface area (Å²) in [7, 11) is 0. The highest BCUT2D eigenvalue weighted by Gasteiger charge is 2.14. The van der Waals surface area contributed by atoms with Crippen LogP contribution in [-0.4, -0.2) is 19.7 Å². The number of hydrogen-bond acceptors (Lipinski definition) is 5. The molecular weight excluding hydrogens is 346 g/mol. The Balaban J connectivity index is 1.72. The van der Waals surface area contributed by atoms with E-state index in [-0.39, 0.29) is 5.56 Å². The van der Waals surface area contributed by atoms with Gasteiger partial charge >= 0.3 is 0 Å². The smallest absolute Gasteiger partial charge is 0.256 e. The molecule has 0 saturated heterocycles. The first-order chi connectivity index (χ1) is 12.6. The number of aromatic nitrogens is 4. The first-order valence-corrected chi connectivity index (χ1v) is 9.03. The van der Waals surface area contributed by atoms with E-state index in [0.29, 0.717) is 29.4 Å². The lowest BCUT2D eigenvalue weighted by molar-refractivity contribution is 0.796. The number of aryl methyl sites for hydroxylation is 1. The lowest BCUT2D eigenvalue weighted by atomic mass is 10.1. The van der Waals surface area contributed by atoms with Gasteiger partial charge in [-0.2, -0.15) is 9.78 Å². The van der Waals surface area contributed by atoms with Crippen LogP contribution < -0.4 is 11.3 Å². The summed E-state index contributed by atoms with van der Waals surface area (Å²) in [5, 5.41) is 6.47. The number of nitrogen functional groups attached to an aromatic ring is 1. The average Bonchev–Trinajstić information content (AvgIpc) is 3.28. The third kappa shape index (κ3) is 3.04. The van der Waals surface area contributed by atoms with Gasteiger partial charge in [0.25, 0.3) is 5.56 Å². The van der Waals surface area contributed by atoms with E-state index in [0.717, 1.165) is 16.1 Å². The van der Waals surface area contributed by atoms with Gasteiger partial charge in [0.05, 0.1) is 10.6 Å². The molecule has 0 spiro atoms. The van der Waals surface area contributed by atoms with Crippen molar-refractivity contribution in [3.8, 4) is 16.5 Å². The van der Waals surface area contributed by atoms with Crippen molar-refractivity contribution in [2.75, 3.05) is 5.73 Å². The van der Waals surface area contributed by atoms with Gasteiger partial charge < -0.3 is 5.73 Å². The number of nitrogens with zero attached hydrogens (tertiary/aromatic N) is 3. The van der Waals surface area contributed by atoms with Gasteiger partial charge in [0.1, 0.15) is 11.5 Å². The van der Waals surface area contributed by atoms with E-state index >= 15 is 0 Å². The molecule has 7 heteroatoms. The second kappa shape index (κ2) is 6.61. The van der Waals surface area contributed by atoms with Crippen molar-refractivity contribution in [2.24, 2.45) is 0 Å². The third-order valence-electron chi connectivity index (χ3n) is 4.14. The Bertz CT molecular complexity index is 1100. The van der Waals surface area contributed by atoms with Gasteiger partial charge in [0, 0.05) is 18.1 Å². The van der Waals surface area contributed by atoms with Crippen LogP contribution in [0.3, 0.4) is 0 Å². The monoisotopic (exact) mass is 363 g/mol. The van der Waals surface area contributed by atoms with Crippen molar-refractivity contribution in [3.63, 3.8) is 0 Å². The maximum absolute atomic E-state index is 12.6. The van der Waals surface area contributed by atoms with Crippen LogP contribution in [0.15, 0.2) is 58.7 Å². The second-order valence-corrected chi connectivity index (χ2v) is 6.91. The van der Waals surface area contributed by atoms with Crippen LogP contribution in [0.5, 0.6) is 0 Å². The lowest BCUT2D eigenvalue weighted by Gasteiger charge is -2.08. The molecule has 3 heterocycles. The normalized spacial score (nSPS) is 11.0. The summed E-state index contributed by atoms with van der Waals surface area (Å²) in [4.78, 5) is 21.0. The predicted molar refractivity (Wildman–Crippen MR) is 104 cm³/mol. The molecule has 6 nitrogen and oxygen atoms in total. The first kappa shape index (κ1) is 16.3. The second-order valence-electron chi connectivity index (χ2n) is 5.96. The SMILES string of the molecule is Cc1nc(-n2nc(-c3cccs3)cc2N)[nH]c(=O)c1Cc1ccccc1. The van der Waals surface area contributed by atoms with Crippen LogP contribution in [0.25, 0.3) is 16.5 Å². The highest BCUT2D eigenvalue weighted by atomic mass is 32.1. The predicted octanol–water partition coefficient (Wildman–Crippen LogP) is 3.17. The Hall–Kier alpha value is -3.19. The number of nitrogens with one attached hydrogen (secondary N) is 1. The van der Waals surface area contributed by atoms with E-state index in [9.17, 15) is 4.79 Å². The van der Waals surface area contributed by atoms with Crippen LogP contribution in [0, 0.1) is 6.92 Å². The maximum atomic E-state index is 12.6. The molecule has 3 aromatic heterocycles. The molecule has 0 amide bonds. The lowest BCUT2D eigenvalue weighted by Crippen LogP contribution is -2.21. The molecule has 130 valence electrons. The minimum Gasteiger partial charge on any atom is -0.383 e. The third-order valence-corrected chi connectivity index (χ3v) is 5.04. The molecule has 0 radical (unpaired) electrons. The fourth-order valence-electron chi connectivity index (χ4n) is 2.81. The number of hydrogen-bond donors (Lipinski definition) is 2. The molecule has 26 heavy (non-hydrogen) atoms. The Morgan fingerprint density at radius 2 is 2.00 bits per heavy atom. The van der Waals surface area contributed by atoms with Gasteiger partial charge in [0.2, 0.25) is 5.95 Å². The number of benzene rings is 1. The van der Waals surface area contributed by atoms with Crippen LogP contribution >= 0.6 is 11.3 Å². The Kier molecular flexibility index (Phi) is 4.14. The number of rotatable bonds is 4. The first-order valence-electron chi connectivity index (χ1n) is 8.15. The fraction of sp³-hybridized carbons (Fsp3) is 0.105. The van der Waals surface area contributed by atoms with E-state index in [1.54, 1.807) is 17.4 Å². The largest absolute Gasteiger partial charge is 0.383 e. The molecule has 0 aliphatic heterocycles. The van der Waals surface area contributed by atoms with Gasteiger partial charge in [-0.15, -0.1) is 11.3 Å². The van der Waals surface area contributed by atoms with E-state index in [4.69, 9.17) is 5.73 Å². The summed E-state index contributed by atoms with van der Waals surface area (Å²) in [5.74, 6) is 0.747. The Labute approximate surface area is 154 Å². The molecule has 4 aromatic rings. The van der Waals surface area contributed by atoms with E-state index in [1.807, 2.05) is 54.8 Å². The summed E-state index contributed by atoms with van der Waals surface area (Å²) in [5.41, 5.74) is 9.04. The zero-order chi connectivity index (χ0) is 18.1. The topological polar surface area (TPSA) is 89.6 Å². The molecule has 4 rings (SSSR count). The number of aromatic amines is 1. The van der Waals surface area contributed by atoms with Gasteiger partial charge in [-0.05, 0) is 23.9 Å². The zero-order valence-corrected chi connectivity index (χ0v) is 15.0. The number of nitrogens with two attached hydrogens (primary N) is 1. The number of thiophene rings is 1. The van der Waals surface area contributed by atoms with Crippen LogP contribution in [0.2, 0.25) is 0 Å². The fourth-order valence-corrected chi connectivity index (χ4v) is 3.50. The summed E-state index contributed by atoms with van der Waals surface area (Å²) in [6.45, 7) is 1.83. The molecule has 1 aromatic carbocycles. The quantitative estimate of drug-likeness (QED) is 0.583. The van der Waals surface area contributed by atoms with Crippen molar-refractivity contribution in [1.82, 2.24) is 19.7 Å². The zero-order valence-electron chi connectivity index (χ0n) is 14.1. The van der Waals surface area contributed by atoms with Crippen LogP contribution in [-0.2, 0) is 6.42 Å². The maximum Gasteiger partial charge on any atom is 0.256 e. The molecule has 0 atom stereocenters. The molecule has 0 aliphatic rings. The van der Waals surface area contributed by atoms with Gasteiger partial charge in [-0.1, -0.05) is 36.4 Å². The number of H-pyrrole nitrogens is 1. The van der Waals surface area contributed by atoms with Crippen LogP contribution in [0.4, 0.5) is 5.82 Å². The van der Waals surface area contributed by atoms with E-state index < -0.39 is 0 Å². The van der Waals surface area contributed by atoms with Crippen molar-refractivity contribution in [2.45, 2.75) is 13.3 Å². The Morgan fingerprint density at radius 3 is 2.69 bits per heavy atom. The van der Waals surface area contributed by atoms with Crippen molar-refractivity contribution in [3.05, 3.63) is 81.1 Å². The molecule has 0 aliphatic carbocycles. The average molecular weight is 363 g/mol. The molecule has 0 saturated carbocycles. The minimum atomic E-state index is -0.177. The van der Waals surface area contributed by atoms with Crippen molar-refractivity contribution < 1.29 is 0 Å². The van der Waals surface area contributed by atoms with Gasteiger partial charge in [-0.3, -0.25) is 9.78 Å². The van der Waals surface area contributed by atoms with Gasteiger partial charge in [-0.25, -0.2) is 4.98 Å². The van der Waals surface area contributed by atoms with Crippen molar-refractivity contribution >= 4 is 17.2 Å². The molecular formula is C19H17N5OS. The molecule has 0 fully saturated rings. The van der Waals surface area contributed by atoms with Crippen LogP contribution in [0.1, 0.15) is 16.8 Å².